The molecule has 4 heteroatoms. The molecule has 0 atom stereocenters. The van der Waals surface area contributed by atoms with Gasteiger partial charge in [-0.05, 0) is 50.6 Å². The third-order valence-electron chi connectivity index (χ3n) is 4.17. The summed E-state index contributed by atoms with van der Waals surface area (Å²) in [6.45, 7) is 6.28. The Hall–Kier alpha value is -2.88. The van der Waals surface area contributed by atoms with Crippen molar-refractivity contribution in [3.63, 3.8) is 0 Å². The largest absolute Gasteiger partial charge is 0.337 e. The summed E-state index contributed by atoms with van der Waals surface area (Å²) in [6, 6.07) is 18.6. The smallest absolute Gasteiger partial charge is 0.176 e. The van der Waals surface area contributed by atoms with Gasteiger partial charge in [-0.2, -0.15) is 5.10 Å². The first-order valence-corrected chi connectivity index (χ1v) is 8.57. The zero-order valence-electron chi connectivity index (χ0n) is 15.2. The Morgan fingerprint density at radius 3 is 2.16 bits per heavy atom. The van der Waals surface area contributed by atoms with Gasteiger partial charge in [0.1, 0.15) is 5.36 Å². The van der Waals surface area contributed by atoms with Crippen LogP contribution in [0.25, 0.3) is 0 Å². The molecule has 1 heterocycles. The number of hydrogen-bond acceptors (Lipinski definition) is 3. The molecule has 1 N–H and O–H groups in total. The fourth-order valence-corrected chi connectivity index (χ4v) is 2.62. The van der Waals surface area contributed by atoms with Crippen molar-refractivity contribution in [2.45, 2.75) is 27.2 Å². The summed E-state index contributed by atoms with van der Waals surface area (Å²) in [5.41, 5.74) is 5.53. The maximum Gasteiger partial charge on any atom is 0.176 e. The van der Waals surface area contributed by atoms with Crippen molar-refractivity contribution in [1.82, 2.24) is 9.78 Å². The maximum atomic E-state index is 4.81. The van der Waals surface area contributed by atoms with Crippen LogP contribution in [0.15, 0.2) is 59.6 Å². The second-order valence-corrected chi connectivity index (χ2v) is 6.29. The second kappa shape index (κ2) is 7.34. The Balaban J connectivity index is 2.08. The summed E-state index contributed by atoms with van der Waals surface area (Å²) in [4.78, 5) is 4.81. The van der Waals surface area contributed by atoms with E-state index in [1.54, 1.807) is 0 Å². The van der Waals surface area contributed by atoms with Crippen molar-refractivity contribution in [3.8, 4) is 0 Å². The minimum Gasteiger partial charge on any atom is -0.337 e. The van der Waals surface area contributed by atoms with Crippen LogP contribution in [0.5, 0.6) is 0 Å². The van der Waals surface area contributed by atoms with Crippen LogP contribution in [0.4, 0.5) is 17.2 Å². The van der Waals surface area contributed by atoms with Crippen LogP contribution in [0, 0.1) is 13.8 Å². The van der Waals surface area contributed by atoms with E-state index in [9.17, 15) is 0 Å². The lowest BCUT2D eigenvalue weighted by molar-refractivity contribution is 0.685. The number of nitrogens with zero attached hydrogens (tertiary/aromatic N) is 3. The number of aryl methyl sites for hydroxylation is 4. The molecule has 0 saturated carbocycles. The first-order chi connectivity index (χ1) is 12.0. The third-order valence-corrected chi connectivity index (χ3v) is 4.17. The summed E-state index contributed by atoms with van der Waals surface area (Å²) in [5.74, 6) is 0.754. The van der Waals surface area contributed by atoms with Crippen LogP contribution in [0.3, 0.4) is 0 Å². The van der Waals surface area contributed by atoms with Gasteiger partial charge in [-0.3, -0.25) is 4.68 Å². The van der Waals surface area contributed by atoms with Gasteiger partial charge >= 0.3 is 0 Å². The molecule has 0 spiro atoms. The van der Waals surface area contributed by atoms with E-state index in [4.69, 9.17) is 4.99 Å². The van der Waals surface area contributed by atoms with Gasteiger partial charge < -0.3 is 5.32 Å². The summed E-state index contributed by atoms with van der Waals surface area (Å²) in [7, 11) is 1.97. The van der Waals surface area contributed by atoms with Crippen LogP contribution in [0.2, 0.25) is 0 Å². The lowest BCUT2D eigenvalue weighted by atomic mass is 10.2. The predicted octanol–water partition coefficient (Wildman–Crippen LogP) is 4.58. The summed E-state index contributed by atoms with van der Waals surface area (Å²) >= 11 is 0. The van der Waals surface area contributed by atoms with Crippen molar-refractivity contribution < 1.29 is 0 Å². The Labute approximate surface area is 148 Å². The molecule has 128 valence electrons. The van der Waals surface area contributed by atoms with Gasteiger partial charge in [0, 0.05) is 18.4 Å². The molecule has 1 aromatic heterocycles. The Kier molecular flexibility index (Phi) is 4.98. The number of hydrogen-bond donors (Lipinski definition) is 1. The number of rotatable bonds is 4. The summed E-state index contributed by atoms with van der Waals surface area (Å²) in [5, 5.41) is 8.93. The first kappa shape index (κ1) is 17.0. The van der Waals surface area contributed by atoms with Gasteiger partial charge in [0.2, 0.25) is 0 Å². The molecule has 0 fully saturated rings. The minimum atomic E-state index is 0.754. The fourth-order valence-electron chi connectivity index (χ4n) is 2.62. The van der Waals surface area contributed by atoms with E-state index < -0.39 is 0 Å². The average molecular weight is 332 g/mol. The lowest BCUT2D eigenvalue weighted by Crippen LogP contribution is -2.18. The van der Waals surface area contributed by atoms with E-state index in [1.165, 1.54) is 11.1 Å². The van der Waals surface area contributed by atoms with Gasteiger partial charge in [0.05, 0.1) is 5.69 Å². The zero-order valence-corrected chi connectivity index (χ0v) is 15.2. The molecule has 0 amide bonds. The molecule has 25 heavy (non-hydrogen) atoms. The molecule has 2 aromatic carbocycles. The van der Waals surface area contributed by atoms with Crippen LogP contribution in [0.1, 0.15) is 23.7 Å². The highest BCUT2D eigenvalue weighted by molar-refractivity contribution is 5.56. The molecule has 0 radical (unpaired) electrons. The molecule has 0 saturated heterocycles. The highest BCUT2D eigenvalue weighted by Crippen LogP contribution is 2.15. The van der Waals surface area contributed by atoms with Gasteiger partial charge in [-0.15, -0.1) is 0 Å². The van der Waals surface area contributed by atoms with E-state index in [-0.39, 0.29) is 0 Å². The van der Waals surface area contributed by atoms with Crippen LogP contribution in [-0.4, -0.2) is 9.78 Å². The van der Waals surface area contributed by atoms with Crippen LogP contribution < -0.4 is 10.7 Å². The van der Waals surface area contributed by atoms with E-state index in [0.717, 1.165) is 34.7 Å². The standard InChI is InChI=1S/C21H24N4/c1-5-19-14-20(22-17-10-6-15(2)7-11-17)21(24-25(19)4)23-18-12-8-16(3)9-13-18/h6-14H,5H2,1-4H3,(H,23,24). The lowest BCUT2D eigenvalue weighted by Gasteiger charge is -2.11. The monoisotopic (exact) mass is 332 g/mol. The SMILES string of the molecule is CCc1cc(=Nc2ccc(C)cc2)c(Nc2ccc(C)cc2)nn1C. The number of aromatic nitrogens is 2. The molecular weight excluding hydrogens is 308 g/mol. The van der Waals surface area contributed by atoms with E-state index in [0.29, 0.717) is 0 Å². The van der Waals surface area contributed by atoms with Crippen molar-refractivity contribution >= 4 is 17.2 Å². The first-order valence-electron chi connectivity index (χ1n) is 8.57. The van der Waals surface area contributed by atoms with Crippen molar-refractivity contribution in [2.24, 2.45) is 12.0 Å². The van der Waals surface area contributed by atoms with E-state index in [2.05, 4.69) is 73.7 Å². The van der Waals surface area contributed by atoms with Gasteiger partial charge in [0.15, 0.2) is 5.82 Å². The Morgan fingerprint density at radius 2 is 1.56 bits per heavy atom. The second-order valence-electron chi connectivity index (χ2n) is 6.29. The number of nitrogens with one attached hydrogen (secondary N) is 1. The molecule has 3 rings (SSSR count). The minimum absolute atomic E-state index is 0.754. The van der Waals surface area contributed by atoms with E-state index in [1.807, 2.05) is 23.9 Å². The molecule has 3 aromatic rings. The number of anilines is 2. The Bertz CT molecular complexity index is 920. The van der Waals surface area contributed by atoms with Crippen LogP contribution >= 0.6 is 0 Å². The van der Waals surface area contributed by atoms with Crippen molar-refractivity contribution in [3.05, 3.63) is 76.8 Å². The normalized spacial score (nSPS) is 11.6. The fraction of sp³-hybridized carbons (Fsp3) is 0.238. The Morgan fingerprint density at radius 1 is 0.960 bits per heavy atom. The van der Waals surface area contributed by atoms with Crippen molar-refractivity contribution in [2.75, 3.05) is 5.32 Å². The molecule has 0 unspecified atom stereocenters. The molecule has 4 nitrogen and oxygen atoms in total. The zero-order chi connectivity index (χ0) is 17.8. The van der Waals surface area contributed by atoms with Crippen LogP contribution in [-0.2, 0) is 13.5 Å². The maximum absolute atomic E-state index is 4.81. The topological polar surface area (TPSA) is 42.2 Å². The molecule has 0 bridgehead atoms. The molecular formula is C21H24N4. The summed E-state index contributed by atoms with van der Waals surface area (Å²) in [6.07, 6.45) is 0.907. The highest BCUT2D eigenvalue weighted by Gasteiger charge is 2.05. The third kappa shape index (κ3) is 4.15. The summed E-state index contributed by atoms with van der Waals surface area (Å²) < 4.78 is 1.91. The highest BCUT2D eigenvalue weighted by atomic mass is 15.3. The van der Waals surface area contributed by atoms with Gasteiger partial charge in [0.25, 0.3) is 0 Å². The van der Waals surface area contributed by atoms with E-state index >= 15 is 0 Å². The molecule has 0 aliphatic carbocycles. The average Bonchev–Trinajstić information content (AvgIpc) is 2.61. The molecule has 0 aliphatic rings. The van der Waals surface area contributed by atoms with Gasteiger partial charge in [-0.25, -0.2) is 4.99 Å². The van der Waals surface area contributed by atoms with Crippen molar-refractivity contribution in [1.29, 1.82) is 0 Å². The molecule has 0 aliphatic heterocycles. The number of benzene rings is 2. The predicted molar refractivity (Wildman–Crippen MR) is 103 cm³/mol. The van der Waals surface area contributed by atoms with Gasteiger partial charge in [-0.1, -0.05) is 42.3 Å². The quantitative estimate of drug-likeness (QED) is 0.760.